The van der Waals surface area contributed by atoms with Crippen molar-refractivity contribution in [1.29, 1.82) is 0 Å². The topological polar surface area (TPSA) is 357 Å². The van der Waals surface area contributed by atoms with Crippen LogP contribution < -0.4 is 31.9 Å². The molecule has 6 rings (SSSR count). The minimum Gasteiger partial charge on any atom is -0.391 e. The summed E-state index contributed by atoms with van der Waals surface area (Å²) >= 11 is 0. The zero-order chi connectivity index (χ0) is 84.5. The first-order valence-electron chi connectivity index (χ1n) is 39.6. The highest BCUT2D eigenvalue weighted by atomic mass is 16.3. The first-order chi connectivity index (χ1) is 53.8. The summed E-state index contributed by atoms with van der Waals surface area (Å²) in [5, 5.41) is 28.0. The van der Waals surface area contributed by atoms with Crippen LogP contribution in [0.25, 0.3) is 0 Å². The molecule has 0 aromatic heterocycles. The molecule has 29 nitrogen and oxygen atoms in total. The van der Waals surface area contributed by atoms with Crippen molar-refractivity contribution >= 4 is 82.7 Å². The molecule has 0 spiro atoms. The number of aliphatic hydroxyl groups is 1. The van der Waals surface area contributed by atoms with Gasteiger partial charge in [0.2, 0.25) is 82.7 Å². The molecule has 4 aromatic rings. The highest BCUT2D eigenvalue weighted by Gasteiger charge is 2.44. The molecule has 2 fully saturated rings. The predicted molar refractivity (Wildman–Crippen MR) is 431 cm³/mol. The number of likely N-dealkylation sites (N-methyl/N-ethyl adjacent to an activating group) is 7. The molecule has 12 atom stereocenters. The Morgan fingerprint density at radius 3 is 1.48 bits per heavy atom. The summed E-state index contributed by atoms with van der Waals surface area (Å²) in [5.41, 5.74) is 2.44. The smallest absolute Gasteiger partial charge is 0.246 e. The third-order valence-electron chi connectivity index (χ3n) is 21.3. The number of piperidine rings is 1. The van der Waals surface area contributed by atoms with Crippen LogP contribution in [0.15, 0.2) is 121 Å². The normalized spacial score (nSPS) is 22.3. The Kier molecular flexibility index (Phi) is 35.3. The van der Waals surface area contributed by atoms with Crippen LogP contribution in [-0.2, 0) is 92.8 Å². The fraction of sp³-hybridized carbons (Fsp3) is 0.553. The van der Waals surface area contributed by atoms with Crippen LogP contribution in [-0.4, -0.2) is 275 Å². The standard InChI is InChI=1S/C85H122N14O15/c1-52(2)43-64-75(104)86-50-71(103)93(12)67(47-60-37-27-20-28-38-60)84(113)98(17)74(55(7)8)79(108)91-73(57(10)100)78(107)89-63(49-70(102)92(11)51-69(101)90-72(54(5)6)85(114)96(15)65(44-53(3)4)77(106)88-62(81(110)94(64)13)45-58-33-23-18-24-34-58)82(111)97(16)68(48-61-39-29-21-30-40-61)83(112)95(14)66(46-59-35-25-19-26-36-59)76(105)87-56(9)80(109)99-41-31-22-32-42-99/h18-21,23-30,33-40,52-57,62-68,72-74,100H,22,31-32,41-51H2,1-17H3,(H,86,104)(H,87,105)(H,88,106)(H,89,107)(H,90,101)(H,91,108)/t56-,57+,62-,63-,64-,65-,66-,67-,68-,72-,73-,74-/m0/s1. The number of benzene rings is 4. The molecule has 2 aliphatic rings. The summed E-state index contributed by atoms with van der Waals surface area (Å²) in [7, 11) is 9.41. The van der Waals surface area contributed by atoms with Crippen LogP contribution in [0.5, 0.6) is 0 Å². The van der Waals surface area contributed by atoms with E-state index >= 15 is 38.4 Å². The highest BCUT2D eigenvalue weighted by molar-refractivity contribution is 6.01. The van der Waals surface area contributed by atoms with Gasteiger partial charge in [-0.05, 0) is 91.9 Å². The lowest BCUT2D eigenvalue weighted by Crippen LogP contribution is -2.63. The van der Waals surface area contributed by atoms with Gasteiger partial charge in [-0.3, -0.25) is 67.1 Å². The summed E-state index contributed by atoms with van der Waals surface area (Å²) in [5.74, 6) is -13.0. The average molecular weight is 1580 g/mol. The first kappa shape index (κ1) is 92.3. The van der Waals surface area contributed by atoms with E-state index in [4.69, 9.17) is 0 Å². The van der Waals surface area contributed by atoms with Gasteiger partial charge in [0, 0.05) is 88.1 Å². The van der Waals surface area contributed by atoms with Gasteiger partial charge in [0.15, 0.2) is 0 Å². The molecule has 29 heteroatoms. The van der Waals surface area contributed by atoms with E-state index in [0.29, 0.717) is 35.3 Å². The molecule has 2 saturated heterocycles. The van der Waals surface area contributed by atoms with Crippen LogP contribution in [0.4, 0.5) is 0 Å². The monoisotopic (exact) mass is 1580 g/mol. The number of nitrogens with one attached hydrogen (secondary N) is 6. The molecular formula is C85H122N14O15. The van der Waals surface area contributed by atoms with E-state index in [1.54, 1.807) is 161 Å². The van der Waals surface area contributed by atoms with Gasteiger partial charge in [-0.2, -0.15) is 0 Å². The predicted octanol–water partition coefficient (Wildman–Crippen LogP) is 3.14. The van der Waals surface area contributed by atoms with Crippen molar-refractivity contribution in [1.82, 2.24) is 71.1 Å². The Labute approximate surface area is 671 Å². The van der Waals surface area contributed by atoms with E-state index in [1.165, 1.54) is 71.0 Å². The number of aliphatic hydroxyl groups excluding tert-OH is 1. The fourth-order valence-electron chi connectivity index (χ4n) is 14.5. The molecule has 4 aromatic carbocycles. The Balaban J connectivity index is 1.47. The van der Waals surface area contributed by atoms with Crippen LogP contribution in [0.1, 0.15) is 130 Å². The summed E-state index contributed by atoms with van der Waals surface area (Å²) in [6.45, 7) is 16.3. The minimum absolute atomic E-state index is 0.0444. The van der Waals surface area contributed by atoms with Crippen molar-refractivity contribution in [2.24, 2.45) is 23.7 Å². The van der Waals surface area contributed by atoms with Crippen molar-refractivity contribution in [3.63, 3.8) is 0 Å². The van der Waals surface area contributed by atoms with Crippen molar-refractivity contribution in [2.75, 3.05) is 75.5 Å². The zero-order valence-corrected chi connectivity index (χ0v) is 69.4. The first-order valence-corrected chi connectivity index (χ1v) is 39.6. The molecule has 7 N–H and O–H groups in total. The lowest BCUT2D eigenvalue weighted by Gasteiger charge is -2.37. The maximum absolute atomic E-state index is 15.8. The summed E-state index contributed by atoms with van der Waals surface area (Å²) in [6.07, 6.45) is -0.399. The minimum atomic E-state index is -1.99. The Morgan fingerprint density at radius 1 is 0.491 bits per heavy atom. The van der Waals surface area contributed by atoms with E-state index in [1.807, 2.05) is 27.7 Å². The maximum Gasteiger partial charge on any atom is 0.246 e. The Hall–Kier alpha value is -10.6. The van der Waals surface area contributed by atoms with Crippen molar-refractivity contribution in [2.45, 2.75) is 206 Å². The maximum atomic E-state index is 15.8. The van der Waals surface area contributed by atoms with Crippen LogP contribution in [0, 0.1) is 23.7 Å². The Morgan fingerprint density at radius 2 is 0.982 bits per heavy atom. The largest absolute Gasteiger partial charge is 0.391 e. The van der Waals surface area contributed by atoms with Crippen molar-refractivity contribution < 1.29 is 72.2 Å². The highest BCUT2D eigenvalue weighted by Crippen LogP contribution is 2.24. The molecule has 0 bridgehead atoms. The van der Waals surface area contributed by atoms with Gasteiger partial charge in [0.1, 0.15) is 66.5 Å². The lowest BCUT2D eigenvalue weighted by molar-refractivity contribution is -0.150. The third kappa shape index (κ3) is 26.0. The number of likely N-dealkylation sites (tertiary alicyclic amines) is 1. The van der Waals surface area contributed by atoms with Gasteiger partial charge >= 0.3 is 0 Å². The van der Waals surface area contributed by atoms with E-state index < -0.39 is 181 Å². The molecule has 622 valence electrons. The van der Waals surface area contributed by atoms with E-state index in [-0.39, 0.29) is 56.3 Å². The number of nitrogens with zero attached hydrogens (tertiary/aromatic N) is 8. The molecular weight excluding hydrogens is 1460 g/mol. The molecule has 0 radical (unpaired) electrons. The molecule has 2 heterocycles. The summed E-state index contributed by atoms with van der Waals surface area (Å²) < 4.78 is 0. The second kappa shape index (κ2) is 43.6. The number of hydrogen-bond donors (Lipinski definition) is 7. The number of hydrogen-bond acceptors (Lipinski definition) is 15. The van der Waals surface area contributed by atoms with Crippen molar-refractivity contribution in [3.05, 3.63) is 144 Å². The van der Waals surface area contributed by atoms with Gasteiger partial charge < -0.3 is 76.2 Å². The summed E-state index contributed by atoms with van der Waals surface area (Å²) in [6, 6.07) is 19.3. The third-order valence-corrected chi connectivity index (χ3v) is 21.3. The van der Waals surface area contributed by atoms with Gasteiger partial charge in [-0.1, -0.05) is 177 Å². The molecule has 0 aliphatic carbocycles. The second-order valence-corrected chi connectivity index (χ2v) is 32.0. The van der Waals surface area contributed by atoms with E-state index in [2.05, 4.69) is 31.9 Å². The van der Waals surface area contributed by atoms with E-state index in [9.17, 15) is 33.9 Å². The molecule has 0 saturated carbocycles. The quantitative estimate of drug-likeness (QED) is 0.0594. The number of rotatable bonds is 22. The Bertz CT molecular complexity index is 3940. The zero-order valence-electron chi connectivity index (χ0n) is 69.4. The van der Waals surface area contributed by atoms with Gasteiger partial charge in [-0.15, -0.1) is 0 Å². The number of carbonyl (C=O) groups is 14. The molecule has 114 heavy (non-hydrogen) atoms. The van der Waals surface area contributed by atoms with Crippen LogP contribution in [0.2, 0.25) is 0 Å². The van der Waals surface area contributed by atoms with Gasteiger partial charge in [-0.25, -0.2) is 0 Å². The van der Waals surface area contributed by atoms with Gasteiger partial charge in [0.05, 0.1) is 25.6 Å². The average Bonchev–Trinajstić information content (AvgIpc) is 0.824. The fourth-order valence-corrected chi connectivity index (χ4v) is 14.5. The van der Waals surface area contributed by atoms with Crippen LogP contribution >= 0.6 is 0 Å². The second-order valence-electron chi connectivity index (χ2n) is 32.0. The van der Waals surface area contributed by atoms with Crippen LogP contribution in [0.3, 0.4) is 0 Å². The summed E-state index contributed by atoms with van der Waals surface area (Å²) in [4.78, 5) is 219. The lowest BCUT2D eigenvalue weighted by atomic mass is 9.97. The van der Waals surface area contributed by atoms with Gasteiger partial charge in [0.25, 0.3) is 0 Å². The van der Waals surface area contributed by atoms with E-state index in [0.717, 1.165) is 38.9 Å². The molecule has 2 aliphatic heterocycles. The SMILES string of the molecule is CC(C)C[C@H]1C(=O)NCC(=O)N(C)[C@@H](Cc2ccccc2)C(=O)N(C)[C@@H](C(C)C)C(=O)N[C@@H]([C@@H](C)O)C(=O)N[C@H](C(=O)N(C)[C@@H](Cc2ccccc2)C(=O)N(C)[C@@H](Cc2ccccc2)C(=O)N[C@@H](C)C(=O)N2CCCCC2)CC(=O)N(C)CC(=O)N[C@@H](C(C)C)C(=O)N(C)[C@@H](CC(C)C)C(=O)N[C@@H](Cc2ccccc2)C(=O)N1C. The molecule has 14 amide bonds. The number of amides is 14. The number of carbonyl (C=O) groups excluding carboxylic acids is 14. The van der Waals surface area contributed by atoms with Crippen molar-refractivity contribution in [3.8, 4) is 0 Å². The molecule has 0 unspecified atom stereocenters.